The molecule has 0 rings (SSSR count). The first kappa shape index (κ1) is 24.5. The van der Waals surface area contributed by atoms with Crippen molar-refractivity contribution in [3.05, 3.63) is 0 Å². The third-order valence-corrected chi connectivity index (χ3v) is 4.90. The number of nitrogens with zero attached hydrogens (tertiary/aromatic N) is 1. The zero-order valence-corrected chi connectivity index (χ0v) is 17.0. The Morgan fingerprint density at radius 1 is 0.885 bits per heavy atom. The van der Waals surface area contributed by atoms with Crippen LogP contribution in [0.15, 0.2) is 0 Å². The van der Waals surface area contributed by atoms with E-state index in [1.54, 1.807) is 0 Å². The molecule has 26 heavy (non-hydrogen) atoms. The summed E-state index contributed by atoms with van der Waals surface area (Å²) in [5, 5.41) is 9.05. The standard InChI is InChI=1S/C22H39NO3/c1-4-6-7-8-9-10-11-12-13-14-15-16-17-18-21(24)23(19-5-2)20(3)22(25)26/h2,20H,4,6-19H2,1,3H3,(H,25,26). The summed E-state index contributed by atoms with van der Waals surface area (Å²) in [7, 11) is 0. The van der Waals surface area contributed by atoms with Gasteiger partial charge in [-0.3, -0.25) is 4.79 Å². The summed E-state index contributed by atoms with van der Waals surface area (Å²) in [4.78, 5) is 24.5. The molecule has 4 heteroatoms. The molecule has 1 amide bonds. The predicted molar refractivity (Wildman–Crippen MR) is 108 cm³/mol. The first-order chi connectivity index (χ1) is 12.5. The van der Waals surface area contributed by atoms with Crippen LogP contribution in [0.5, 0.6) is 0 Å². The van der Waals surface area contributed by atoms with Gasteiger partial charge in [0.1, 0.15) is 6.04 Å². The molecule has 0 radical (unpaired) electrons. The lowest BCUT2D eigenvalue weighted by Crippen LogP contribution is -2.43. The topological polar surface area (TPSA) is 57.6 Å². The minimum Gasteiger partial charge on any atom is -0.480 e. The van der Waals surface area contributed by atoms with Gasteiger partial charge in [0.05, 0.1) is 6.54 Å². The van der Waals surface area contributed by atoms with Crippen molar-refractivity contribution in [2.45, 2.75) is 110 Å². The molecule has 0 aliphatic rings. The smallest absolute Gasteiger partial charge is 0.326 e. The maximum absolute atomic E-state index is 12.1. The number of carboxylic acids is 1. The average Bonchev–Trinajstić information content (AvgIpc) is 2.62. The number of carboxylic acid groups (broad SMARTS) is 1. The lowest BCUT2D eigenvalue weighted by Gasteiger charge is -2.24. The monoisotopic (exact) mass is 365 g/mol. The van der Waals surface area contributed by atoms with Gasteiger partial charge in [0.25, 0.3) is 0 Å². The summed E-state index contributed by atoms with van der Waals surface area (Å²) >= 11 is 0. The summed E-state index contributed by atoms with van der Waals surface area (Å²) in [6, 6.07) is -0.861. The van der Waals surface area contributed by atoms with Crippen molar-refractivity contribution in [2.75, 3.05) is 6.54 Å². The van der Waals surface area contributed by atoms with Gasteiger partial charge in [-0.1, -0.05) is 89.9 Å². The lowest BCUT2D eigenvalue weighted by molar-refractivity contribution is -0.148. The van der Waals surface area contributed by atoms with E-state index in [9.17, 15) is 9.59 Å². The number of carbonyl (C=O) groups is 2. The molecule has 1 N–H and O–H groups in total. The van der Waals surface area contributed by atoms with Crippen molar-refractivity contribution in [3.8, 4) is 12.3 Å². The van der Waals surface area contributed by atoms with E-state index in [-0.39, 0.29) is 12.5 Å². The van der Waals surface area contributed by atoms with E-state index >= 15 is 0 Å². The highest BCUT2D eigenvalue weighted by atomic mass is 16.4. The Hall–Kier alpha value is -1.50. The molecule has 0 aliphatic carbocycles. The number of rotatable bonds is 17. The quantitative estimate of drug-likeness (QED) is 0.277. The number of carbonyl (C=O) groups excluding carboxylic acids is 1. The van der Waals surface area contributed by atoms with Crippen LogP contribution in [-0.2, 0) is 9.59 Å². The highest BCUT2D eigenvalue weighted by Crippen LogP contribution is 2.13. The van der Waals surface area contributed by atoms with Crippen LogP contribution in [-0.4, -0.2) is 34.5 Å². The molecule has 0 saturated carbocycles. The van der Waals surface area contributed by atoms with Crippen molar-refractivity contribution in [1.29, 1.82) is 0 Å². The Labute approximate surface area is 160 Å². The van der Waals surface area contributed by atoms with E-state index in [2.05, 4.69) is 12.8 Å². The fourth-order valence-electron chi connectivity index (χ4n) is 3.11. The second-order valence-corrected chi connectivity index (χ2v) is 7.23. The van der Waals surface area contributed by atoms with Crippen molar-refractivity contribution in [1.82, 2.24) is 4.90 Å². The molecule has 0 aliphatic heterocycles. The molecule has 0 aromatic carbocycles. The van der Waals surface area contributed by atoms with E-state index in [1.165, 1.54) is 76.0 Å². The molecule has 150 valence electrons. The number of hydrogen-bond donors (Lipinski definition) is 1. The van der Waals surface area contributed by atoms with Crippen molar-refractivity contribution in [3.63, 3.8) is 0 Å². The van der Waals surface area contributed by atoms with Crippen LogP contribution in [0.1, 0.15) is 104 Å². The van der Waals surface area contributed by atoms with Crippen LogP contribution in [0.25, 0.3) is 0 Å². The van der Waals surface area contributed by atoms with Crippen molar-refractivity contribution < 1.29 is 14.7 Å². The molecular formula is C22H39NO3. The summed E-state index contributed by atoms with van der Waals surface area (Å²) in [6.07, 6.45) is 22.0. The lowest BCUT2D eigenvalue weighted by atomic mass is 10.0. The Morgan fingerprint density at radius 2 is 1.31 bits per heavy atom. The SMILES string of the molecule is C#CCN(C(=O)CCCCCCCCCCCCCCC)C(C)C(=O)O. The summed E-state index contributed by atoms with van der Waals surface area (Å²) in [6.45, 7) is 3.81. The summed E-state index contributed by atoms with van der Waals surface area (Å²) < 4.78 is 0. The second-order valence-electron chi connectivity index (χ2n) is 7.23. The van der Waals surface area contributed by atoms with E-state index < -0.39 is 12.0 Å². The molecule has 0 aromatic rings. The molecule has 1 atom stereocenters. The van der Waals surface area contributed by atoms with Crippen LogP contribution >= 0.6 is 0 Å². The number of terminal acetylenes is 1. The molecule has 0 bridgehead atoms. The predicted octanol–water partition coefficient (Wildman–Crippen LogP) is 5.40. The number of unbranched alkanes of at least 4 members (excludes halogenated alkanes) is 12. The first-order valence-electron chi connectivity index (χ1n) is 10.5. The zero-order chi connectivity index (χ0) is 19.6. The van der Waals surface area contributed by atoms with Crippen LogP contribution in [0.2, 0.25) is 0 Å². The molecule has 0 fully saturated rings. The fourth-order valence-corrected chi connectivity index (χ4v) is 3.11. The highest BCUT2D eigenvalue weighted by molar-refractivity contribution is 5.83. The van der Waals surface area contributed by atoms with Gasteiger partial charge in [0.15, 0.2) is 0 Å². The van der Waals surface area contributed by atoms with Crippen LogP contribution in [0.4, 0.5) is 0 Å². The highest BCUT2D eigenvalue weighted by Gasteiger charge is 2.24. The first-order valence-corrected chi connectivity index (χ1v) is 10.5. The summed E-state index contributed by atoms with van der Waals surface area (Å²) in [5.41, 5.74) is 0. The average molecular weight is 366 g/mol. The Morgan fingerprint density at radius 3 is 1.69 bits per heavy atom. The van der Waals surface area contributed by atoms with E-state index in [4.69, 9.17) is 11.5 Å². The Kier molecular flexibility index (Phi) is 16.0. The van der Waals surface area contributed by atoms with Gasteiger partial charge < -0.3 is 10.0 Å². The van der Waals surface area contributed by atoms with E-state index in [0.29, 0.717) is 6.42 Å². The second kappa shape index (κ2) is 16.9. The van der Waals surface area contributed by atoms with E-state index in [1.807, 2.05) is 0 Å². The van der Waals surface area contributed by atoms with Crippen LogP contribution in [0.3, 0.4) is 0 Å². The minimum absolute atomic E-state index is 0.0603. The maximum Gasteiger partial charge on any atom is 0.326 e. The largest absolute Gasteiger partial charge is 0.480 e. The molecule has 0 saturated heterocycles. The van der Waals surface area contributed by atoms with Gasteiger partial charge in [-0.2, -0.15) is 0 Å². The zero-order valence-electron chi connectivity index (χ0n) is 17.0. The molecular weight excluding hydrogens is 326 g/mol. The normalized spacial score (nSPS) is 11.7. The molecule has 0 aromatic heterocycles. The van der Waals surface area contributed by atoms with Gasteiger partial charge in [-0.15, -0.1) is 6.42 Å². The minimum atomic E-state index is -1.01. The molecule has 4 nitrogen and oxygen atoms in total. The molecule has 0 heterocycles. The van der Waals surface area contributed by atoms with E-state index in [0.717, 1.165) is 19.3 Å². The molecule has 0 spiro atoms. The summed E-state index contributed by atoms with van der Waals surface area (Å²) in [5.74, 6) is 1.21. The third-order valence-electron chi connectivity index (χ3n) is 4.90. The maximum atomic E-state index is 12.1. The van der Waals surface area contributed by atoms with Crippen LogP contribution < -0.4 is 0 Å². The molecule has 1 unspecified atom stereocenters. The van der Waals surface area contributed by atoms with Gasteiger partial charge in [-0.25, -0.2) is 4.79 Å². The fraction of sp³-hybridized carbons (Fsp3) is 0.818. The Bertz CT molecular complexity index is 414. The number of hydrogen-bond acceptors (Lipinski definition) is 2. The number of aliphatic carboxylic acids is 1. The third kappa shape index (κ3) is 12.8. The van der Waals surface area contributed by atoms with Gasteiger partial charge in [0, 0.05) is 6.42 Å². The van der Waals surface area contributed by atoms with Gasteiger partial charge in [0.2, 0.25) is 5.91 Å². The van der Waals surface area contributed by atoms with Crippen molar-refractivity contribution in [2.24, 2.45) is 0 Å². The van der Waals surface area contributed by atoms with Gasteiger partial charge in [-0.05, 0) is 13.3 Å². The van der Waals surface area contributed by atoms with Gasteiger partial charge >= 0.3 is 5.97 Å². The number of amides is 1. The van der Waals surface area contributed by atoms with Crippen molar-refractivity contribution >= 4 is 11.9 Å². The van der Waals surface area contributed by atoms with Crippen LogP contribution in [0, 0.1) is 12.3 Å². The Balaban J connectivity index is 3.60.